The molecule has 1 aromatic carbocycles. The molecule has 0 radical (unpaired) electrons. The van der Waals surface area contributed by atoms with Crippen molar-refractivity contribution in [2.75, 3.05) is 13.7 Å². The van der Waals surface area contributed by atoms with Crippen molar-refractivity contribution in [3.8, 4) is 11.5 Å². The zero-order chi connectivity index (χ0) is 17.5. The Morgan fingerprint density at radius 1 is 1.29 bits per heavy atom. The summed E-state index contributed by atoms with van der Waals surface area (Å²) in [6.07, 6.45) is 3.72. The van der Waals surface area contributed by atoms with Crippen molar-refractivity contribution in [3.05, 3.63) is 34.4 Å². The third kappa shape index (κ3) is 4.03. The lowest BCUT2D eigenvalue weighted by atomic mass is 10.0. The molecule has 0 fully saturated rings. The number of rotatable bonds is 8. The number of aromatic amines is 1. The quantitative estimate of drug-likeness (QED) is 0.575. The predicted molar refractivity (Wildman–Crippen MR) is 97.9 cm³/mol. The molecule has 0 aliphatic heterocycles. The van der Waals surface area contributed by atoms with Gasteiger partial charge in [0, 0.05) is 5.92 Å². The Morgan fingerprint density at radius 2 is 2.04 bits per heavy atom. The summed E-state index contributed by atoms with van der Waals surface area (Å²) in [5.41, 5.74) is 0.897. The van der Waals surface area contributed by atoms with E-state index in [0.717, 1.165) is 30.0 Å². The molecule has 1 aromatic heterocycles. The third-order valence-electron chi connectivity index (χ3n) is 3.84. The zero-order valence-electron chi connectivity index (χ0n) is 14.6. The van der Waals surface area contributed by atoms with Gasteiger partial charge in [0.2, 0.25) is 4.77 Å². The molecule has 0 unspecified atom stereocenters. The molecule has 0 bridgehead atoms. The van der Waals surface area contributed by atoms with Gasteiger partial charge in [0.05, 0.1) is 19.9 Å². The molecule has 24 heavy (non-hydrogen) atoms. The van der Waals surface area contributed by atoms with Gasteiger partial charge in [-0.3, -0.25) is 5.10 Å². The van der Waals surface area contributed by atoms with Gasteiger partial charge in [0.25, 0.3) is 0 Å². The number of nitrogens with zero attached hydrogens (tertiary/aromatic N) is 3. The second kappa shape index (κ2) is 8.63. The number of ether oxygens (including phenoxy) is 2. The lowest BCUT2D eigenvalue weighted by Crippen LogP contribution is -2.05. The molecule has 1 N–H and O–H groups in total. The molecular weight excluding hydrogens is 324 g/mol. The maximum Gasteiger partial charge on any atom is 0.216 e. The largest absolute Gasteiger partial charge is 0.493 e. The number of nitrogens with one attached hydrogen (secondary N) is 1. The Bertz CT molecular complexity index is 747. The van der Waals surface area contributed by atoms with E-state index in [1.54, 1.807) is 18.0 Å². The van der Waals surface area contributed by atoms with E-state index in [-0.39, 0.29) is 0 Å². The highest BCUT2D eigenvalue weighted by Crippen LogP contribution is 2.27. The summed E-state index contributed by atoms with van der Waals surface area (Å²) in [6.45, 7) is 6.80. The maximum absolute atomic E-state index is 5.53. The van der Waals surface area contributed by atoms with Gasteiger partial charge in [0.1, 0.15) is 0 Å². The number of H-pyrrole nitrogens is 1. The van der Waals surface area contributed by atoms with Crippen molar-refractivity contribution in [2.24, 2.45) is 5.10 Å². The molecule has 130 valence electrons. The first kappa shape index (κ1) is 18.2. The van der Waals surface area contributed by atoms with Crippen LogP contribution in [0.3, 0.4) is 0 Å². The topological polar surface area (TPSA) is 64.4 Å². The van der Waals surface area contributed by atoms with Crippen molar-refractivity contribution in [3.63, 3.8) is 0 Å². The molecule has 2 aromatic rings. The van der Waals surface area contributed by atoms with Gasteiger partial charge >= 0.3 is 0 Å². The van der Waals surface area contributed by atoms with Gasteiger partial charge in [0.15, 0.2) is 17.3 Å². The van der Waals surface area contributed by atoms with E-state index in [1.807, 2.05) is 25.1 Å². The monoisotopic (exact) mass is 348 g/mol. The minimum absolute atomic E-state index is 0.324. The molecule has 0 amide bonds. The normalized spacial score (nSPS) is 11.4. The average molecular weight is 348 g/mol. The lowest BCUT2D eigenvalue weighted by molar-refractivity contribution is 0.311. The molecule has 2 rings (SSSR count). The van der Waals surface area contributed by atoms with Gasteiger partial charge in [-0.05, 0) is 55.7 Å². The first-order valence-corrected chi connectivity index (χ1v) is 8.57. The lowest BCUT2D eigenvalue weighted by Gasteiger charge is -2.11. The number of hydrogen-bond donors (Lipinski definition) is 1. The molecule has 0 aliphatic carbocycles. The van der Waals surface area contributed by atoms with Crippen molar-refractivity contribution < 1.29 is 9.47 Å². The molecule has 7 heteroatoms. The van der Waals surface area contributed by atoms with E-state index in [1.165, 1.54) is 0 Å². The first-order chi connectivity index (χ1) is 11.6. The van der Waals surface area contributed by atoms with Crippen LogP contribution in [-0.2, 0) is 0 Å². The SMILES string of the molecule is CCOc1ccc(/C=N\n2c(C(CC)CC)n[nH]c2=S)cc1OC. The highest BCUT2D eigenvalue weighted by atomic mass is 32.1. The minimum atomic E-state index is 0.324. The average Bonchev–Trinajstić information content (AvgIpc) is 2.96. The highest BCUT2D eigenvalue weighted by Gasteiger charge is 2.15. The Hall–Kier alpha value is -2.15. The van der Waals surface area contributed by atoms with Crippen LogP contribution in [0.1, 0.15) is 50.9 Å². The summed E-state index contributed by atoms with van der Waals surface area (Å²) >= 11 is 5.29. The van der Waals surface area contributed by atoms with E-state index in [4.69, 9.17) is 21.7 Å². The fraction of sp³-hybridized carbons (Fsp3) is 0.471. The summed E-state index contributed by atoms with van der Waals surface area (Å²) in [5, 5.41) is 11.7. The van der Waals surface area contributed by atoms with Gasteiger partial charge in [-0.15, -0.1) is 0 Å². The van der Waals surface area contributed by atoms with E-state index in [0.29, 0.717) is 23.0 Å². The van der Waals surface area contributed by atoms with E-state index < -0.39 is 0 Å². The van der Waals surface area contributed by atoms with Crippen molar-refractivity contribution in [1.82, 2.24) is 14.9 Å². The third-order valence-corrected chi connectivity index (χ3v) is 4.10. The Morgan fingerprint density at radius 3 is 2.67 bits per heavy atom. The summed E-state index contributed by atoms with van der Waals surface area (Å²) in [7, 11) is 1.62. The minimum Gasteiger partial charge on any atom is -0.493 e. The van der Waals surface area contributed by atoms with Crippen LogP contribution in [-0.4, -0.2) is 34.8 Å². The molecule has 0 saturated carbocycles. The molecule has 0 saturated heterocycles. The van der Waals surface area contributed by atoms with Crippen molar-refractivity contribution >= 4 is 18.4 Å². The Balaban J connectivity index is 2.32. The highest BCUT2D eigenvalue weighted by molar-refractivity contribution is 7.71. The van der Waals surface area contributed by atoms with Crippen LogP contribution >= 0.6 is 12.2 Å². The second-order valence-electron chi connectivity index (χ2n) is 5.30. The van der Waals surface area contributed by atoms with Crippen LogP contribution in [0.5, 0.6) is 11.5 Å². The number of aromatic nitrogens is 3. The number of benzene rings is 1. The van der Waals surface area contributed by atoms with E-state index in [9.17, 15) is 0 Å². The summed E-state index contributed by atoms with van der Waals surface area (Å²) < 4.78 is 13.1. The summed E-state index contributed by atoms with van der Waals surface area (Å²) in [4.78, 5) is 0. The van der Waals surface area contributed by atoms with Gasteiger partial charge in [-0.2, -0.15) is 14.9 Å². The fourth-order valence-electron chi connectivity index (χ4n) is 2.50. The second-order valence-corrected chi connectivity index (χ2v) is 5.69. The molecule has 1 heterocycles. The number of methoxy groups -OCH3 is 1. The van der Waals surface area contributed by atoms with E-state index in [2.05, 4.69) is 29.1 Å². The van der Waals surface area contributed by atoms with Gasteiger partial charge in [-0.1, -0.05) is 13.8 Å². The molecule has 6 nitrogen and oxygen atoms in total. The molecular formula is C17H24N4O2S. The fourth-order valence-corrected chi connectivity index (χ4v) is 2.68. The summed E-state index contributed by atoms with van der Waals surface area (Å²) in [5.74, 6) is 2.58. The Kier molecular flexibility index (Phi) is 6.54. The van der Waals surface area contributed by atoms with Crippen LogP contribution in [0.25, 0.3) is 0 Å². The Labute approximate surface area is 147 Å². The smallest absolute Gasteiger partial charge is 0.216 e. The van der Waals surface area contributed by atoms with Crippen LogP contribution in [0.15, 0.2) is 23.3 Å². The van der Waals surface area contributed by atoms with Crippen molar-refractivity contribution in [2.45, 2.75) is 39.5 Å². The zero-order valence-corrected chi connectivity index (χ0v) is 15.4. The van der Waals surface area contributed by atoms with E-state index >= 15 is 0 Å². The molecule has 0 aliphatic rings. The van der Waals surface area contributed by atoms with Gasteiger partial charge in [-0.25, -0.2) is 0 Å². The van der Waals surface area contributed by atoms with Crippen molar-refractivity contribution in [1.29, 1.82) is 0 Å². The first-order valence-electron chi connectivity index (χ1n) is 8.17. The maximum atomic E-state index is 5.53. The van der Waals surface area contributed by atoms with Crippen LogP contribution in [0.4, 0.5) is 0 Å². The predicted octanol–water partition coefficient (Wildman–Crippen LogP) is 4.13. The van der Waals surface area contributed by atoms with Crippen LogP contribution in [0, 0.1) is 4.77 Å². The summed E-state index contributed by atoms with van der Waals surface area (Å²) in [6, 6.07) is 5.69. The van der Waals surface area contributed by atoms with Gasteiger partial charge < -0.3 is 9.47 Å². The standard InChI is InChI=1S/C17H24N4O2S/c1-5-13(6-2)16-19-20-17(24)21(16)18-11-12-8-9-14(23-7-3)15(10-12)22-4/h8-11,13H,5-7H2,1-4H3,(H,20,24)/b18-11-. The van der Waals surface area contributed by atoms with Crippen LogP contribution in [0.2, 0.25) is 0 Å². The molecule has 0 spiro atoms. The molecule has 0 atom stereocenters. The number of hydrogen-bond acceptors (Lipinski definition) is 5. The van der Waals surface area contributed by atoms with Crippen LogP contribution < -0.4 is 9.47 Å².